The van der Waals surface area contributed by atoms with Gasteiger partial charge in [-0.3, -0.25) is 4.79 Å². The Kier molecular flexibility index (Phi) is 6.35. The lowest BCUT2D eigenvalue weighted by Crippen LogP contribution is -2.60. The van der Waals surface area contributed by atoms with Crippen LogP contribution in [-0.2, 0) is 34.5 Å². The van der Waals surface area contributed by atoms with Crippen LogP contribution < -0.4 is 9.47 Å². The SMILES string of the molecule is COC1=C[C@@H]2[C@@H]3Cc4ccc(OC)c(OCc5cn(Cc6cccc(C#N)c6)nn5)c4[C@]2(CCN3C)CC1=O. The number of likely N-dealkylation sites (N-methyl/N-ethyl adjacent to an activating group) is 1. The maximum absolute atomic E-state index is 13.2. The van der Waals surface area contributed by atoms with Crippen LogP contribution in [0.4, 0.5) is 0 Å². The Morgan fingerprint density at radius 2 is 2.08 bits per heavy atom. The van der Waals surface area contributed by atoms with Crippen molar-refractivity contribution in [3.05, 3.63) is 82.4 Å². The molecule has 9 nitrogen and oxygen atoms in total. The summed E-state index contributed by atoms with van der Waals surface area (Å²) in [6, 6.07) is 14.0. The number of Topliss-reactive ketones (excluding diaryl/α,β-unsaturated/α-hetero) is 1. The Hall–Kier alpha value is -4.16. The number of aromatic nitrogens is 3. The molecule has 3 atom stereocenters. The van der Waals surface area contributed by atoms with Gasteiger partial charge in [-0.1, -0.05) is 23.4 Å². The largest absolute Gasteiger partial charge is 0.493 e. The number of allylic oxidation sites excluding steroid dienone is 1. The van der Waals surface area contributed by atoms with Crippen molar-refractivity contribution in [3.8, 4) is 17.6 Å². The van der Waals surface area contributed by atoms with Gasteiger partial charge >= 0.3 is 0 Å². The average Bonchev–Trinajstić information content (AvgIpc) is 3.40. The van der Waals surface area contributed by atoms with Crippen molar-refractivity contribution in [1.29, 1.82) is 5.26 Å². The quantitative estimate of drug-likeness (QED) is 0.463. The Morgan fingerprint density at radius 1 is 1.21 bits per heavy atom. The molecule has 0 saturated carbocycles. The van der Waals surface area contributed by atoms with Crippen molar-refractivity contribution in [2.45, 2.75) is 43.9 Å². The molecule has 0 amide bonds. The molecule has 2 heterocycles. The summed E-state index contributed by atoms with van der Waals surface area (Å²) in [4.78, 5) is 15.6. The summed E-state index contributed by atoms with van der Waals surface area (Å²) in [5.74, 6) is 1.95. The van der Waals surface area contributed by atoms with Crippen molar-refractivity contribution >= 4 is 5.78 Å². The van der Waals surface area contributed by atoms with Crippen molar-refractivity contribution in [1.82, 2.24) is 19.9 Å². The predicted molar refractivity (Wildman–Crippen MR) is 142 cm³/mol. The van der Waals surface area contributed by atoms with E-state index in [-0.39, 0.29) is 29.8 Å². The number of nitrogens with zero attached hydrogens (tertiary/aromatic N) is 5. The van der Waals surface area contributed by atoms with Crippen LogP contribution in [0, 0.1) is 17.2 Å². The van der Waals surface area contributed by atoms with E-state index in [0.717, 1.165) is 30.5 Å². The highest BCUT2D eigenvalue weighted by molar-refractivity contribution is 5.96. The van der Waals surface area contributed by atoms with Crippen molar-refractivity contribution in [3.63, 3.8) is 0 Å². The van der Waals surface area contributed by atoms with E-state index in [1.54, 1.807) is 25.0 Å². The number of fused-ring (bicyclic) bond motifs is 1. The van der Waals surface area contributed by atoms with Gasteiger partial charge < -0.3 is 19.1 Å². The minimum atomic E-state index is -0.378. The van der Waals surface area contributed by atoms with Crippen LogP contribution in [-0.4, -0.2) is 59.5 Å². The minimum absolute atomic E-state index is 0.0297. The molecule has 0 unspecified atom stereocenters. The molecule has 0 spiro atoms. The first-order chi connectivity index (χ1) is 19.0. The third-order valence-corrected chi connectivity index (χ3v) is 8.54. The number of hydrogen-bond acceptors (Lipinski definition) is 8. The van der Waals surface area contributed by atoms with Crippen LogP contribution in [0.3, 0.4) is 0 Å². The second-order valence-corrected chi connectivity index (χ2v) is 10.7. The number of methoxy groups -OCH3 is 2. The number of likely N-dealkylation sites (tertiary alicyclic amines) is 1. The summed E-state index contributed by atoms with van der Waals surface area (Å²) < 4.78 is 19.5. The highest BCUT2D eigenvalue weighted by Gasteiger charge is 2.56. The van der Waals surface area contributed by atoms with E-state index in [4.69, 9.17) is 14.2 Å². The van der Waals surface area contributed by atoms with Crippen molar-refractivity contribution in [2.75, 3.05) is 27.8 Å². The number of piperidine rings is 1. The van der Waals surface area contributed by atoms with Crippen molar-refractivity contribution < 1.29 is 19.0 Å². The van der Waals surface area contributed by atoms with Gasteiger partial charge in [0.2, 0.25) is 0 Å². The molecule has 0 N–H and O–H groups in total. The Balaban J connectivity index is 1.33. The lowest BCUT2D eigenvalue weighted by atomic mass is 9.53. The lowest BCUT2D eigenvalue weighted by Gasteiger charge is -2.56. The zero-order valence-corrected chi connectivity index (χ0v) is 22.4. The maximum Gasteiger partial charge on any atom is 0.197 e. The summed E-state index contributed by atoms with van der Waals surface area (Å²) in [6.45, 7) is 1.62. The van der Waals surface area contributed by atoms with Gasteiger partial charge in [0.05, 0.1) is 38.6 Å². The smallest absolute Gasteiger partial charge is 0.197 e. The third-order valence-electron chi connectivity index (χ3n) is 8.54. The summed E-state index contributed by atoms with van der Waals surface area (Å²) in [6.07, 6.45) is 5.99. The fraction of sp³-hybridized carbons (Fsp3) is 0.400. The number of ketones is 1. The second kappa shape index (κ2) is 9.86. The molecule has 0 radical (unpaired) electrons. The molecular weight excluding hydrogens is 494 g/mol. The van der Waals surface area contributed by atoms with Crippen LogP contribution in [0.5, 0.6) is 11.5 Å². The Labute approximate surface area is 227 Å². The number of ether oxygens (including phenoxy) is 3. The topological polar surface area (TPSA) is 102 Å². The number of nitriles is 1. The molecule has 2 aliphatic carbocycles. The number of carbonyl (C=O) groups is 1. The van der Waals surface area contributed by atoms with Gasteiger partial charge in [0.25, 0.3) is 0 Å². The van der Waals surface area contributed by atoms with Gasteiger partial charge in [0.1, 0.15) is 12.3 Å². The van der Waals surface area contributed by atoms with E-state index in [0.29, 0.717) is 41.5 Å². The highest BCUT2D eigenvalue weighted by Crippen LogP contribution is 2.58. The highest BCUT2D eigenvalue weighted by atomic mass is 16.5. The first-order valence-corrected chi connectivity index (χ1v) is 13.2. The standard InChI is InChI=1S/C30H31N5O4/c1-34-10-9-30-14-25(36)27(38-3)13-23(30)24(34)12-21-7-8-26(37-2)29(28(21)30)39-18-22-17-35(33-32-22)16-20-6-4-5-19(11-20)15-31/h4-8,11,13,17,23-24H,9-10,12,14,16,18H2,1-3H3/t23-,24+,30-/m1/s1. The van der Waals surface area contributed by atoms with E-state index >= 15 is 0 Å². The van der Waals surface area contributed by atoms with Crippen LogP contribution in [0.2, 0.25) is 0 Å². The molecule has 6 rings (SSSR count). The van der Waals surface area contributed by atoms with Gasteiger partial charge in [0.15, 0.2) is 23.0 Å². The molecule has 9 heteroatoms. The minimum Gasteiger partial charge on any atom is -0.493 e. The summed E-state index contributed by atoms with van der Waals surface area (Å²) >= 11 is 0. The Morgan fingerprint density at radius 3 is 2.87 bits per heavy atom. The molecule has 3 aromatic rings. The van der Waals surface area contributed by atoms with Gasteiger partial charge in [-0.2, -0.15) is 5.26 Å². The number of hydrogen-bond donors (Lipinski definition) is 0. The molecule has 2 bridgehead atoms. The zero-order chi connectivity index (χ0) is 27.1. The number of carbonyl (C=O) groups excluding carboxylic acids is 1. The van der Waals surface area contributed by atoms with Crippen molar-refractivity contribution in [2.24, 2.45) is 5.92 Å². The monoisotopic (exact) mass is 525 g/mol. The molecule has 3 aliphatic rings. The molecule has 39 heavy (non-hydrogen) atoms. The predicted octanol–water partition coefficient (Wildman–Crippen LogP) is 3.40. The van der Waals surface area contributed by atoms with Gasteiger partial charge in [0, 0.05) is 29.4 Å². The van der Waals surface area contributed by atoms with E-state index in [1.165, 1.54) is 5.56 Å². The summed E-state index contributed by atoms with van der Waals surface area (Å²) in [7, 11) is 5.38. The zero-order valence-electron chi connectivity index (χ0n) is 22.4. The van der Waals surface area contributed by atoms with E-state index < -0.39 is 0 Å². The first kappa shape index (κ1) is 25.1. The Bertz CT molecular complexity index is 1510. The van der Waals surface area contributed by atoms with Crippen LogP contribution in [0.25, 0.3) is 0 Å². The first-order valence-electron chi connectivity index (χ1n) is 13.2. The van der Waals surface area contributed by atoms with Crippen LogP contribution >= 0.6 is 0 Å². The van der Waals surface area contributed by atoms with Gasteiger partial charge in [-0.15, -0.1) is 5.10 Å². The molecular formula is C30H31N5O4. The average molecular weight is 526 g/mol. The fourth-order valence-electron chi connectivity index (χ4n) is 6.71. The molecule has 1 saturated heterocycles. The molecule has 2 aromatic carbocycles. The maximum atomic E-state index is 13.2. The fourth-order valence-corrected chi connectivity index (χ4v) is 6.71. The second-order valence-electron chi connectivity index (χ2n) is 10.7. The number of benzene rings is 2. The van der Waals surface area contributed by atoms with Gasteiger partial charge in [-0.05, 0) is 61.8 Å². The number of rotatable bonds is 7. The third kappa shape index (κ3) is 4.25. The molecule has 1 fully saturated rings. The lowest BCUT2D eigenvalue weighted by molar-refractivity contribution is -0.122. The molecule has 200 valence electrons. The van der Waals surface area contributed by atoms with E-state index in [9.17, 15) is 10.1 Å². The van der Waals surface area contributed by atoms with Gasteiger partial charge in [-0.25, -0.2) is 4.68 Å². The summed E-state index contributed by atoms with van der Waals surface area (Å²) in [5.41, 5.74) is 4.16. The molecule has 1 aromatic heterocycles. The molecule has 1 aliphatic heterocycles. The summed E-state index contributed by atoms with van der Waals surface area (Å²) in [5, 5.41) is 17.8. The van der Waals surface area contributed by atoms with E-state index in [1.807, 2.05) is 36.5 Å². The van der Waals surface area contributed by atoms with Crippen LogP contribution in [0.15, 0.2) is 54.4 Å². The van der Waals surface area contributed by atoms with Crippen LogP contribution in [0.1, 0.15) is 40.8 Å². The normalized spacial score (nSPS) is 23.7. The van der Waals surface area contributed by atoms with E-state index in [2.05, 4.69) is 34.4 Å².